The van der Waals surface area contributed by atoms with Crippen molar-refractivity contribution in [2.75, 3.05) is 27.3 Å². The number of nitrogens with one attached hydrogen (secondary N) is 2. The fourth-order valence-corrected chi connectivity index (χ4v) is 2.53. The van der Waals surface area contributed by atoms with Crippen LogP contribution in [0.25, 0.3) is 0 Å². The second-order valence-electron chi connectivity index (χ2n) is 4.59. The first-order chi connectivity index (χ1) is 11.1. The van der Waals surface area contributed by atoms with Crippen molar-refractivity contribution in [2.24, 2.45) is 0 Å². The van der Waals surface area contributed by atoms with E-state index in [1.54, 1.807) is 24.3 Å². The monoisotopic (exact) mass is 334 g/mol. The number of ether oxygens (including phenoxy) is 2. The molecule has 0 spiro atoms. The molecule has 0 aliphatic rings. The lowest BCUT2D eigenvalue weighted by atomic mass is 10.2. The minimum atomic E-state index is -0.257. The molecular weight excluding hydrogens is 316 g/mol. The summed E-state index contributed by atoms with van der Waals surface area (Å²) in [6, 6.07) is 8.51. The van der Waals surface area contributed by atoms with Gasteiger partial charge in [-0.1, -0.05) is 6.07 Å². The number of carbonyl (C=O) groups is 2. The molecule has 0 saturated carbocycles. The van der Waals surface area contributed by atoms with E-state index < -0.39 is 0 Å². The first kappa shape index (κ1) is 16.8. The highest BCUT2D eigenvalue weighted by atomic mass is 32.1. The van der Waals surface area contributed by atoms with Gasteiger partial charge in [0.2, 0.25) is 0 Å². The fraction of sp³-hybridized carbons (Fsp3) is 0.250. The minimum absolute atomic E-state index is 0.141. The zero-order chi connectivity index (χ0) is 16.7. The number of benzene rings is 1. The van der Waals surface area contributed by atoms with Crippen LogP contribution in [0.2, 0.25) is 0 Å². The Morgan fingerprint density at radius 1 is 1.00 bits per heavy atom. The van der Waals surface area contributed by atoms with Gasteiger partial charge in [-0.25, -0.2) is 0 Å². The number of hydrogen-bond acceptors (Lipinski definition) is 5. The van der Waals surface area contributed by atoms with Gasteiger partial charge in [0.05, 0.1) is 19.1 Å². The molecule has 122 valence electrons. The normalized spacial score (nSPS) is 10.0. The predicted octanol–water partition coefficient (Wildman–Crippen LogP) is 1.93. The number of hydrogen-bond donors (Lipinski definition) is 2. The Hall–Kier alpha value is -2.54. The molecule has 1 aromatic heterocycles. The second-order valence-corrected chi connectivity index (χ2v) is 5.54. The van der Waals surface area contributed by atoms with Crippen molar-refractivity contribution in [1.82, 2.24) is 10.6 Å². The highest BCUT2D eigenvalue weighted by Crippen LogP contribution is 2.22. The van der Waals surface area contributed by atoms with Crippen molar-refractivity contribution in [3.05, 3.63) is 46.2 Å². The van der Waals surface area contributed by atoms with Gasteiger partial charge in [-0.3, -0.25) is 9.59 Å². The summed E-state index contributed by atoms with van der Waals surface area (Å²) in [7, 11) is 3.05. The summed E-state index contributed by atoms with van der Waals surface area (Å²) in [6.07, 6.45) is 0. The molecule has 0 aliphatic heterocycles. The third kappa shape index (κ3) is 4.72. The van der Waals surface area contributed by atoms with Crippen LogP contribution in [0.5, 0.6) is 11.5 Å². The lowest BCUT2D eigenvalue weighted by Crippen LogP contribution is -2.34. The van der Waals surface area contributed by atoms with Crippen molar-refractivity contribution in [2.45, 2.75) is 0 Å². The highest BCUT2D eigenvalue weighted by Gasteiger charge is 2.10. The molecule has 0 fully saturated rings. The van der Waals surface area contributed by atoms with Gasteiger partial charge in [-0.05, 0) is 23.6 Å². The van der Waals surface area contributed by atoms with Crippen molar-refractivity contribution < 1.29 is 19.1 Å². The van der Waals surface area contributed by atoms with E-state index in [4.69, 9.17) is 9.47 Å². The number of methoxy groups -OCH3 is 2. The van der Waals surface area contributed by atoms with Crippen molar-refractivity contribution in [1.29, 1.82) is 0 Å². The van der Waals surface area contributed by atoms with E-state index in [-0.39, 0.29) is 11.8 Å². The summed E-state index contributed by atoms with van der Waals surface area (Å²) >= 11 is 1.37. The molecule has 1 heterocycles. The van der Waals surface area contributed by atoms with Crippen molar-refractivity contribution in [3.8, 4) is 11.5 Å². The van der Waals surface area contributed by atoms with Crippen LogP contribution in [0.3, 0.4) is 0 Å². The average Bonchev–Trinajstić information content (AvgIpc) is 3.12. The Morgan fingerprint density at radius 2 is 1.61 bits per heavy atom. The Kier molecular flexibility index (Phi) is 5.99. The van der Waals surface area contributed by atoms with Crippen LogP contribution in [-0.2, 0) is 0 Å². The molecule has 0 aliphatic carbocycles. The summed E-state index contributed by atoms with van der Waals surface area (Å²) in [4.78, 5) is 24.5. The van der Waals surface area contributed by atoms with Gasteiger partial charge >= 0.3 is 0 Å². The van der Waals surface area contributed by atoms with Gasteiger partial charge in [-0.15, -0.1) is 11.3 Å². The number of amides is 2. The van der Waals surface area contributed by atoms with Crippen molar-refractivity contribution in [3.63, 3.8) is 0 Å². The lowest BCUT2D eigenvalue weighted by molar-refractivity contribution is 0.0929. The van der Waals surface area contributed by atoms with Crippen LogP contribution >= 0.6 is 11.3 Å². The standard InChI is InChI=1S/C16H18N2O4S/c1-21-12-8-11(9-13(10-12)22-2)15(19)17-5-6-18-16(20)14-4-3-7-23-14/h3-4,7-10H,5-6H2,1-2H3,(H,17,19)(H,18,20). The summed E-state index contributed by atoms with van der Waals surface area (Å²) in [5, 5.41) is 7.33. The van der Waals surface area contributed by atoms with Crippen LogP contribution in [0, 0.1) is 0 Å². The Balaban J connectivity index is 1.84. The summed E-state index contributed by atoms with van der Waals surface area (Å²) in [5.74, 6) is 0.686. The number of thiophene rings is 1. The van der Waals surface area contributed by atoms with Gasteiger partial charge in [-0.2, -0.15) is 0 Å². The van der Waals surface area contributed by atoms with Gasteiger partial charge in [0.25, 0.3) is 11.8 Å². The molecule has 7 heteroatoms. The van der Waals surface area contributed by atoms with Crippen LogP contribution < -0.4 is 20.1 Å². The van der Waals surface area contributed by atoms with E-state index >= 15 is 0 Å². The zero-order valence-electron chi connectivity index (χ0n) is 12.9. The second kappa shape index (κ2) is 8.19. The fourth-order valence-electron chi connectivity index (χ4n) is 1.89. The third-order valence-electron chi connectivity index (χ3n) is 3.05. The van der Waals surface area contributed by atoms with Gasteiger partial charge < -0.3 is 20.1 Å². The quantitative estimate of drug-likeness (QED) is 0.759. The number of carbonyl (C=O) groups excluding carboxylic acids is 2. The molecule has 2 N–H and O–H groups in total. The van der Waals surface area contributed by atoms with Crippen LogP contribution in [0.15, 0.2) is 35.7 Å². The maximum absolute atomic E-state index is 12.1. The topological polar surface area (TPSA) is 76.7 Å². The molecule has 6 nitrogen and oxygen atoms in total. The SMILES string of the molecule is COc1cc(OC)cc(C(=O)NCCNC(=O)c2cccs2)c1. The summed E-state index contributed by atoms with van der Waals surface area (Å²) < 4.78 is 10.3. The lowest BCUT2D eigenvalue weighted by Gasteiger charge is -2.09. The predicted molar refractivity (Wildman–Crippen MR) is 88.5 cm³/mol. The van der Waals surface area contributed by atoms with Crippen LogP contribution in [-0.4, -0.2) is 39.1 Å². The maximum Gasteiger partial charge on any atom is 0.261 e. The molecule has 0 atom stereocenters. The molecule has 2 amide bonds. The highest BCUT2D eigenvalue weighted by molar-refractivity contribution is 7.12. The van der Waals surface area contributed by atoms with E-state index in [2.05, 4.69) is 10.6 Å². The molecule has 0 radical (unpaired) electrons. The van der Waals surface area contributed by atoms with Gasteiger partial charge in [0, 0.05) is 24.7 Å². The number of rotatable bonds is 7. The van der Waals surface area contributed by atoms with Gasteiger partial charge in [0.15, 0.2) is 0 Å². The molecular formula is C16H18N2O4S. The van der Waals surface area contributed by atoms with Crippen molar-refractivity contribution >= 4 is 23.2 Å². The summed E-state index contributed by atoms with van der Waals surface area (Å²) in [6.45, 7) is 0.680. The molecule has 23 heavy (non-hydrogen) atoms. The molecule has 0 bridgehead atoms. The molecule has 0 unspecified atom stereocenters. The Morgan fingerprint density at radius 3 is 2.13 bits per heavy atom. The van der Waals surface area contributed by atoms with Gasteiger partial charge in [0.1, 0.15) is 11.5 Å². The smallest absolute Gasteiger partial charge is 0.261 e. The van der Waals surface area contributed by atoms with E-state index in [9.17, 15) is 9.59 Å². The maximum atomic E-state index is 12.1. The van der Waals surface area contributed by atoms with E-state index in [1.165, 1.54) is 25.6 Å². The zero-order valence-corrected chi connectivity index (χ0v) is 13.7. The molecule has 0 saturated heterocycles. The van der Waals surface area contributed by atoms with Crippen LogP contribution in [0.4, 0.5) is 0 Å². The van der Waals surface area contributed by atoms with E-state index in [0.717, 1.165) is 0 Å². The van der Waals surface area contributed by atoms with E-state index in [0.29, 0.717) is 35.0 Å². The molecule has 2 rings (SSSR count). The third-order valence-corrected chi connectivity index (χ3v) is 3.92. The average molecular weight is 334 g/mol. The first-order valence-corrected chi connectivity index (χ1v) is 7.85. The Labute approximate surface area is 138 Å². The minimum Gasteiger partial charge on any atom is -0.497 e. The molecule has 2 aromatic rings. The van der Waals surface area contributed by atoms with E-state index in [1.807, 2.05) is 11.4 Å². The molecule has 1 aromatic carbocycles. The van der Waals surface area contributed by atoms with Crippen LogP contribution in [0.1, 0.15) is 20.0 Å². The summed E-state index contributed by atoms with van der Waals surface area (Å²) in [5.41, 5.74) is 0.436. The Bertz CT molecular complexity index is 648. The first-order valence-electron chi connectivity index (χ1n) is 6.97. The largest absolute Gasteiger partial charge is 0.497 e.